The molecule has 0 bridgehead atoms. The molecule has 29 heavy (non-hydrogen) atoms. The van der Waals surface area contributed by atoms with E-state index in [1.165, 1.54) is 6.07 Å². The van der Waals surface area contributed by atoms with Gasteiger partial charge in [0, 0.05) is 6.54 Å². The van der Waals surface area contributed by atoms with E-state index in [0.717, 1.165) is 16.6 Å². The van der Waals surface area contributed by atoms with Crippen LogP contribution in [0.1, 0.15) is 17.0 Å². The van der Waals surface area contributed by atoms with E-state index in [-0.39, 0.29) is 16.7 Å². The largest absolute Gasteiger partial charge is 0.506 e. The fourth-order valence-electron chi connectivity index (χ4n) is 2.97. The number of carbonyl (C=O) groups is 1. The Morgan fingerprint density at radius 1 is 1.07 bits per heavy atom. The summed E-state index contributed by atoms with van der Waals surface area (Å²) in [5, 5.41) is 12.8. The number of phenols is 1. The molecule has 0 unspecified atom stereocenters. The van der Waals surface area contributed by atoms with Gasteiger partial charge in [-0.2, -0.15) is 0 Å². The minimum absolute atomic E-state index is 0.0115. The van der Waals surface area contributed by atoms with Gasteiger partial charge in [0.2, 0.25) is 0 Å². The van der Waals surface area contributed by atoms with E-state index in [1.807, 2.05) is 54.6 Å². The van der Waals surface area contributed by atoms with Crippen molar-refractivity contribution in [2.45, 2.75) is 6.54 Å². The summed E-state index contributed by atoms with van der Waals surface area (Å²) in [5.74, 6) is 0.181. The lowest BCUT2D eigenvalue weighted by atomic mass is 10.1. The number of amides is 1. The van der Waals surface area contributed by atoms with Crippen LogP contribution >= 0.6 is 11.6 Å². The van der Waals surface area contributed by atoms with Crippen molar-refractivity contribution < 1.29 is 9.90 Å². The van der Waals surface area contributed by atoms with Gasteiger partial charge < -0.3 is 15.4 Å². The Bertz CT molecular complexity index is 1170. The van der Waals surface area contributed by atoms with Crippen molar-refractivity contribution in [1.82, 2.24) is 15.3 Å². The van der Waals surface area contributed by atoms with Crippen molar-refractivity contribution >= 4 is 40.2 Å². The molecule has 0 aliphatic rings. The molecule has 0 saturated carbocycles. The van der Waals surface area contributed by atoms with Gasteiger partial charge in [0.05, 0.1) is 21.6 Å². The number of aromatic nitrogens is 2. The van der Waals surface area contributed by atoms with Gasteiger partial charge in [0.25, 0.3) is 5.91 Å². The lowest BCUT2D eigenvalue weighted by Gasteiger charge is -2.08. The van der Waals surface area contributed by atoms with Crippen LogP contribution in [0.3, 0.4) is 0 Å². The molecule has 1 aromatic heterocycles. The molecule has 4 aromatic rings. The van der Waals surface area contributed by atoms with Crippen LogP contribution in [0.4, 0.5) is 0 Å². The number of aromatic hydroxyl groups is 1. The van der Waals surface area contributed by atoms with Crippen LogP contribution in [0.25, 0.3) is 22.7 Å². The number of fused-ring (bicyclic) bond motifs is 1. The van der Waals surface area contributed by atoms with E-state index in [0.29, 0.717) is 23.5 Å². The summed E-state index contributed by atoms with van der Waals surface area (Å²) < 4.78 is 0. The smallest absolute Gasteiger partial charge is 0.255 e. The third-order valence-electron chi connectivity index (χ3n) is 4.47. The van der Waals surface area contributed by atoms with Crippen molar-refractivity contribution in [1.29, 1.82) is 0 Å². The Morgan fingerprint density at radius 2 is 1.83 bits per heavy atom. The summed E-state index contributed by atoms with van der Waals surface area (Å²) in [6.07, 6.45) is 1.70. The number of hydrogen-bond acceptors (Lipinski definition) is 3. The molecule has 1 heterocycles. The number of nitrogens with one attached hydrogen (secondary N) is 2. The normalized spacial score (nSPS) is 11.6. The molecule has 0 atom stereocenters. The molecule has 0 saturated heterocycles. The van der Waals surface area contributed by atoms with Crippen LogP contribution in [-0.4, -0.2) is 21.0 Å². The SMILES string of the molecule is O=C(NCc1ccccc1)/C(=C/c1ccc(O)c(Cl)c1)c1nc2ccccc2[nH]1. The van der Waals surface area contributed by atoms with Crippen LogP contribution in [0.5, 0.6) is 5.75 Å². The monoisotopic (exact) mass is 403 g/mol. The Hall–Kier alpha value is -3.57. The number of halogens is 1. The molecule has 0 fully saturated rings. The molecular weight excluding hydrogens is 386 g/mol. The molecule has 5 nitrogen and oxygen atoms in total. The van der Waals surface area contributed by atoms with E-state index in [2.05, 4.69) is 15.3 Å². The first-order valence-electron chi connectivity index (χ1n) is 9.07. The minimum Gasteiger partial charge on any atom is -0.506 e. The fraction of sp³-hybridized carbons (Fsp3) is 0.0435. The number of phenolic OH excluding ortho intramolecular Hbond substituents is 1. The van der Waals surface area contributed by atoms with Crippen molar-refractivity contribution in [3.63, 3.8) is 0 Å². The molecule has 0 spiro atoms. The highest BCUT2D eigenvalue weighted by molar-refractivity contribution is 6.32. The Balaban J connectivity index is 1.70. The zero-order valence-electron chi connectivity index (χ0n) is 15.4. The first-order valence-corrected chi connectivity index (χ1v) is 9.45. The van der Waals surface area contributed by atoms with E-state index in [1.54, 1.807) is 18.2 Å². The molecule has 3 N–H and O–H groups in total. The van der Waals surface area contributed by atoms with Gasteiger partial charge in [0.1, 0.15) is 11.6 Å². The average molecular weight is 404 g/mol. The molecule has 1 amide bonds. The van der Waals surface area contributed by atoms with Crippen LogP contribution < -0.4 is 5.32 Å². The lowest BCUT2D eigenvalue weighted by Crippen LogP contribution is -2.24. The highest BCUT2D eigenvalue weighted by Gasteiger charge is 2.16. The highest BCUT2D eigenvalue weighted by Crippen LogP contribution is 2.26. The van der Waals surface area contributed by atoms with Gasteiger partial charge in [0.15, 0.2) is 0 Å². The first kappa shape index (κ1) is 18.8. The summed E-state index contributed by atoms with van der Waals surface area (Å²) in [6, 6.07) is 22.1. The minimum atomic E-state index is -0.267. The zero-order chi connectivity index (χ0) is 20.2. The van der Waals surface area contributed by atoms with Crippen molar-refractivity contribution in [3.8, 4) is 5.75 Å². The van der Waals surface area contributed by atoms with Crippen molar-refractivity contribution in [2.75, 3.05) is 0 Å². The topological polar surface area (TPSA) is 78.0 Å². The van der Waals surface area contributed by atoms with Gasteiger partial charge >= 0.3 is 0 Å². The van der Waals surface area contributed by atoms with E-state index < -0.39 is 0 Å². The van der Waals surface area contributed by atoms with Crippen LogP contribution in [0.15, 0.2) is 72.8 Å². The average Bonchev–Trinajstić information content (AvgIpc) is 3.17. The highest BCUT2D eigenvalue weighted by atomic mass is 35.5. The fourth-order valence-corrected chi connectivity index (χ4v) is 3.16. The summed E-state index contributed by atoms with van der Waals surface area (Å²) >= 11 is 6.03. The number of hydrogen-bond donors (Lipinski definition) is 3. The second-order valence-electron chi connectivity index (χ2n) is 6.54. The predicted octanol–water partition coefficient (Wildman–Crippen LogP) is 4.78. The van der Waals surface area contributed by atoms with Crippen LogP contribution in [0, 0.1) is 0 Å². The molecule has 0 aliphatic carbocycles. The molecule has 3 aromatic carbocycles. The van der Waals surface area contributed by atoms with E-state index >= 15 is 0 Å². The molecule has 4 rings (SSSR count). The quantitative estimate of drug-likeness (QED) is 0.420. The Labute approximate surface area is 172 Å². The molecular formula is C23H18ClN3O2. The Morgan fingerprint density at radius 3 is 2.59 bits per heavy atom. The number of H-pyrrole nitrogens is 1. The third-order valence-corrected chi connectivity index (χ3v) is 4.77. The molecule has 0 radical (unpaired) electrons. The lowest BCUT2D eigenvalue weighted by molar-refractivity contribution is -0.115. The molecule has 0 aliphatic heterocycles. The Kier molecular flexibility index (Phi) is 5.31. The number of aromatic amines is 1. The molecule has 6 heteroatoms. The van der Waals surface area contributed by atoms with Crippen LogP contribution in [-0.2, 0) is 11.3 Å². The van der Waals surface area contributed by atoms with E-state index in [4.69, 9.17) is 11.6 Å². The number of nitrogens with zero attached hydrogens (tertiary/aromatic N) is 1. The number of benzene rings is 3. The summed E-state index contributed by atoms with van der Waals surface area (Å²) in [5.41, 5.74) is 3.66. The van der Waals surface area contributed by atoms with Gasteiger partial charge in [-0.1, -0.05) is 60.1 Å². The number of imidazole rings is 1. The van der Waals surface area contributed by atoms with Gasteiger partial charge in [-0.3, -0.25) is 4.79 Å². The van der Waals surface area contributed by atoms with Crippen molar-refractivity contribution in [2.24, 2.45) is 0 Å². The second-order valence-corrected chi connectivity index (χ2v) is 6.95. The van der Waals surface area contributed by atoms with Crippen LogP contribution in [0.2, 0.25) is 5.02 Å². The van der Waals surface area contributed by atoms with Gasteiger partial charge in [-0.25, -0.2) is 4.98 Å². The zero-order valence-corrected chi connectivity index (χ0v) is 16.1. The summed E-state index contributed by atoms with van der Waals surface area (Å²) in [6.45, 7) is 0.396. The maximum Gasteiger partial charge on any atom is 0.255 e. The maximum atomic E-state index is 13.0. The van der Waals surface area contributed by atoms with E-state index in [9.17, 15) is 9.90 Å². The standard InChI is InChI=1S/C23H18ClN3O2/c24-18-13-16(10-11-21(18)28)12-17(22-26-19-8-4-5-9-20(19)27-22)23(29)25-14-15-6-2-1-3-7-15/h1-13,28H,14H2,(H,25,29)(H,26,27)/b17-12+. The third kappa shape index (κ3) is 4.31. The van der Waals surface area contributed by atoms with Crippen molar-refractivity contribution in [3.05, 3.63) is 94.8 Å². The summed E-state index contributed by atoms with van der Waals surface area (Å²) in [7, 11) is 0. The van der Waals surface area contributed by atoms with Gasteiger partial charge in [-0.15, -0.1) is 0 Å². The second kappa shape index (κ2) is 8.20. The number of rotatable bonds is 5. The molecule has 144 valence electrons. The predicted molar refractivity (Wildman–Crippen MR) is 115 cm³/mol. The maximum absolute atomic E-state index is 13.0. The number of para-hydroxylation sites is 2. The summed E-state index contributed by atoms with van der Waals surface area (Å²) in [4.78, 5) is 20.8. The van der Waals surface area contributed by atoms with Gasteiger partial charge in [-0.05, 0) is 41.5 Å². The number of carbonyl (C=O) groups excluding carboxylic acids is 1. The first-order chi connectivity index (χ1) is 14.1.